The second-order valence-corrected chi connectivity index (χ2v) is 4.98. The minimum absolute atomic E-state index is 0.102. The van der Waals surface area contributed by atoms with E-state index in [1.807, 2.05) is 24.3 Å². The number of ketones is 1. The molecule has 0 bridgehead atoms. The quantitative estimate of drug-likeness (QED) is 0.695. The molecule has 0 saturated carbocycles. The lowest BCUT2D eigenvalue weighted by Gasteiger charge is -2.07. The first kappa shape index (κ1) is 13.5. The number of nitrogens with zero attached hydrogens (tertiary/aromatic N) is 3. The topological polar surface area (TPSA) is 47.8 Å². The van der Waals surface area contributed by atoms with Crippen LogP contribution >= 0.6 is 11.6 Å². The van der Waals surface area contributed by atoms with E-state index in [4.69, 9.17) is 11.6 Å². The summed E-state index contributed by atoms with van der Waals surface area (Å²) in [5.74, 6) is 0.299. The molecule has 5 heteroatoms. The second kappa shape index (κ2) is 5.89. The van der Waals surface area contributed by atoms with Gasteiger partial charge in [-0.3, -0.25) is 9.78 Å². The van der Waals surface area contributed by atoms with E-state index in [1.165, 1.54) is 0 Å². The van der Waals surface area contributed by atoms with Gasteiger partial charge in [0.1, 0.15) is 0 Å². The van der Waals surface area contributed by atoms with E-state index < -0.39 is 0 Å². The molecule has 0 radical (unpaired) electrons. The molecule has 0 aliphatic heterocycles. The molecule has 3 rings (SSSR count). The Morgan fingerprint density at radius 2 is 1.90 bits per heavy atom. The first-order valence-corrected chi connectivity index (χ1v) is 6.83. The highest BCUT2D eigenvalue weighted by atomic mass is 35.5. The molecule has 3 aromatic rings. The number of hydrogen-bond acceptors (Lipinski definition) is 3. The molecule has 0 spiro atoms. The number of hydrogen-bond donors (Lipinski definition) is 0. The zero-order valence-electron chi connectivity index (χ0n) is 11.1. The van der Waals surface area contributed by atoms with Crippen molar-refractivity contribution in [2.45, 2.75) is 6.54 Å². The van der Waals surface area contributed by atoms with Crippen LogP contribution in [0, 0.1) is 0 Å². The SMILES string of the molecule is O=C(c1ccccc1)c1nccn1Cc1ccc(Cl)cn1. The summed E-state index contributed by atoms with van der Waals surface area (Å²) in [4.78, 5) is 20.8. The average Bonchev–Trinajstić information content (AvgIpc) is 2.98. The van der Waals surface area contributed by atoms with Crippen molar-refractivity contribution < 1.29 is 4.79 Å². The maximum atomic E-state index is 12.4. The Labute approximate surface area is 127 Å². The minimum atomic E-state index is -0.102. The number of halogens is 1. The molecule has 4 nitrogen and oxygen atoms in total. The van der Waals surface area contributed by atoms with Crippen LogP contribution in [0.25, 0.3) is 0 Å². The number of imidazole rings is 1. The van der Waals surface area contributed by atoms with E-state index in [0.29, 0.717) is 23.0 Å². The van der Waals surface area contributed by atoms with E-state index in [2.05, 4.69) is 9.97 Å². The lowest BCUT2D eigenvalue weighted by molar-refractivity contribution is 0.102. The monoisotopic (exact) mass is 297 g/mol. The third kappa shape index (κ3) is 3.01. The molecule has 0 amide bonds. The van der Waals surface area contributed by atoms with Crippen LogP contribution in [-0.2, 0) is 6.54 Å². The van der Waals surface area contributed by atoms with Gasteiger partial charge in [-0.05, 0) is 12.1 Å². The zero-order chi connectivity index (χ0) is 14.7. The van der Waals surface area contributed by atoms with Crippen LogP contribution < -0.4 is 0 Å². The molecule has 0 aliphatic rings. The third-order valence-corrected chi connectivity index (χ3v) is 3.30. The van der Waals surface area contributed by atoms with Gasteiger partial charge in [-0.25, -0.2) is 4.98 Å². The Morgan fingerprint density at radius 1 is 1.10 bits per heavy atom. The fraction of sp³-hybridized carbons (Fsp3) is 0.0625. The predicted molar refractivity (Wildman–Crippen MR) is 80.5 cm³/mol. The molecule has 0 N–H and O–H groups in total. The average molecular weight is 298 g/mol. The van der Waals surface area contributed by atoms with Crippen molar-refractivity contribution >= 4 is 17.4 Å². The molecule has 21 heavy (non-hydrogen) atoms. The lowest BCUT2D eigenvalue weighted by Crippen LogP contribution is -2.12. The van der Waals surface area contributed by atoms with Gasteiger partial charge < -0.3 is 4.57 Å². The molecular weight excluding hydrogens is 286 g/mol. The second-order valence-electron chi connectivity index (χ2n) is 4.54. The van der Waals surface area contributed by atoms with Gasteiger partial charge in [0, 0.05) is 24.2 Å². The smallest absolute Gasteiger partial charge is 0.228 e. The van der Waals surface area contributed by atoms with Crippen LogP contribution in [0.3, 0.4) is 0 Å². The molecule has 0 atom stereocenters. The number of rotatable bonds is 4. The number of aromatic nitrogens is 3. The van der Waals surface area contributed by atoms with Crippen molar-refractivity contribution in [1.29, 1.82) is 0 Å². The third-order valence-electron chi connectivity index (χ3n) is 3.08. The molecular formula is C16H12ClN3O. The minimum Gasteiger partial charge on any atom is -0.322 e. The van der Waals surface area contributed by atoms with Crippen LogP contribution in [0.2, 0.25) is 5.02 Å². The van der Waals surface area contributed by atoms with Gasteiger partial charge in [0.05, 0.1) is 17.3 Å². The van der Waals surface area contributed by atoms with E-state index in [0.717, 1.165) is 5.69 Å². The van der Waals surface area contributed by atoms with Crippen molar-refractivity contribution in [2.24, 2.45) is 0 Å². The number of carbonyl (C=O) groups is 1. The van der Waals surface area contributed by atoms with Gasteiger partial charge in [0.25, 0.3) is 0 Å². The van der Waals surface area contributed by atoms with Gasteiger partial charge in [-0.2, -0.15) is 0 Å². The van der Waals surface area contributed by atoms with Gasteiger partial charge in [0.2, 0.25) is 5.78 Å². The number of carbonyl (C=O) groups excluding carboxylic acids is 1. The van der Waals surface area contributed by atoms with Crippen LogP contribution in [0.4, 0.5) is 0 Å². The standard InChI is InChI=1S/C16H12ClN3O/c17-13-6-7-14(19-10-13)11-20-9-8-18-16(20)15(21)12-4-2-1-3-5-12/h1-10H,11H2. The van der Waals surface area contributed by atoms with Gasteiger partial charge in [0.15, 0.2) is 5.82 Å². The Kier molecular flexibility index (Phi) is 3.79. The van der Waals surface area contributed by atoms with E-state index in [-0.39, 0.29) is 5.78 Å². The summed E-state index contributed by atoms with van der Waals surface area (Å²) < 4.78 is 1.78. The lowest BCUT2D eigenvalue weighted by atomic mass is 10.1. The van der Waals surface area contributed by atoms with Gasteiger partial charge in [-0.15, -0.1) is 0 Å². The maximum Gasteiger partial charge on any atom is 0.228 e. The number of benzene rings is 1. The van der Waals surface area contributed by atoms with Crippen molar-refractivity contribution in [1.82, 2.24) is 14.5 Å². The number of pyridine rings is 1. The first-order chi connectivity index (χ1) is 10.2. The van der Waals surface area contributed by atoms with Crippen molar-refractivity contribution in [2.75, 3.05) is 0 Å². The fourth-order valence-corrected chi connectivity index (χ4v) is 2.15. The molecule has 1 aromatic carbocycles. The highest BCUT2D eigenvalue weighted by Crippen LogP contribution is 2.11. The van der Waals surface area contributed by atoms with E-state index in [1.54, 1.807) is 41.4 Å². The molecule has 2 aromatic heterocycles. The Morgan fingerprint density at radius 3 is 2.62 bits per heavy atom. The normalized spacial score (nSPS) is 10.5. The molecule has 104 valence electrons. The molecule has 0 unspecified atom stereocenters. The summed E-state index contributed by atoms with van der Waals surface area (Å²) in [6, 6.07) is 12.7. The predicted octanol–water partition coefficient (Wildman–Crippen LogP) is 3.21. The largest absolute Gasteiger partial charge is 0.322 e. The summed E-state index contributed by atoms with van der Waals surface area (Å²) >= 11 is 5.82. The van der Waals surface area contributed by atoms with Gasteiger partial charge >= 0.3 is 0 Å². The molecule has 0 aliphatic carbocycles. The maximum absolute atomic E-state index is 12.4. The summed E-state index contributed by atoms with van der Waals surface area (Å²) in [6.07, 6.45) is 4.98. The molecule has 0 fully saturated rings. The highest BCUT2D eigenvalue weighted by molar-refractivity contribution is 6.30. The summed E-state index contributed by atoms with van der Waals surface area (Å²) in [7, 11) is 0. The van der Waals surface area contributed by atoms with Crippen LogP contribution in [-0.4, -0.2) is 20.3 Å². The van der Waals surface area contributed by atoms with Crippen molar-refractivity contribution in [3.05, 3.63) is 83.2 Å². The highest BCUT2D eigenvalue weighted by Gasteiger charge is 2.15. The zero-order valence-corrected chi connectivity index (χ0v) is 11.9. The summed E-state index contributed by atoms with van der Waals surface area (Å²) in [5.41, 5.74) is 1.44. The Hall–Kier alpha value is -2.46. The fourth-order valence-electron chi connectivity index (χ4n) is 2.04. The van der Waals surface area contributed by atoms with Crippen LogP contribution in [0.15, 0.2) is 61.1 Å². The van der Waals surface area contributed by atoms with Crippen LogP contribution in [0.5, 0.6) is 0 Å². The molecule has 0 saturated heterocycles. The van der Waals surface area contributed by atoms with E-state index in [9.17, 15) is 4.79 Å². The Bertz CT molecular complexity index is 751. The Balaban J connectivity index is 1.87. The molecule has 2 heterocycles. The summed E-state index contributed by atoms with van der Waals surface area (Å²) in [5, 5.41) is 0.588. The van der Waals surface area contributed by atoms with Crippen molar-refractivity contribution in [3.8, 4) is 0 Å². The van der Waals surface area contributed by atoms with Gasteiger partial charge in [-0.1, -0.05) is 41.9 Å². The van der Waals surface area contributed by atoms with Crippen LogP contribution in [0.1, 0.15) is 21.9 Å². The van der Waals surface area contributed by atoms with Crippen molar-refractivity contribution in [3.63, 3.8) is 0 Å². The summed E-state index contributed by atoms with van der Waals surface area (Å²) in [6.45, 7) is 0.477. The van der Waals surface area contributed by atoms with E-state index >= 15 is 0 Å². The first-order valence-electron chi connectivity index (χ1n) is 6.45.